The van der Waals surface area contributed by atoms with Gasteiger partial charge in [-0.25, -0.2) is 4.79 Å². The number of nitrogens with one attached hydrogen (secondary N) is 1. The van der Waals surface area contributed by atoms with E-state index in [-0.39, 0.29) is 18.7 Å². The van der Waals surface area contributed by atoms with E-state index >= 15 is 0 Å². The predicted octanol–water partition coefficient (Wildman–Crippen LogP) is 1.16. The number of rotatable bonds is 6. The second kappa shape index (κ2) is 8.35. The molecule has 30 heavy (non-hydrogen) atoms. The number of imidazole rings is 1. The summed E-state index contributed by atoms with van der Waals surface area (Å²) in [7, 11) is 1.58. The Morgan fingerprint density at radius 2 is 1.87 bits per heavy atom. The van der Waals surface area contributed by atoms with E-state index in [1.807, 2.05) is 31.2 Å². The van der Waals surface area contributed by atoms with Gasteiger partial charge in [0, 0.05) is 20.1 Å². The van der Waals surface area contributed by atoms with Crippen LogP contribution in [0.2, 0.25) is 0 Å². The van der Waals surface area contributed by atoms with E-state index in [4.69, 9.17) is 4.74 Å². The third kappa shape index (κ3) is 3.97. The summed E-state index contributed by atoms with van der Waals surface area (Å²) >= 11 is 0. The first-order valence-corrected chi connectivity index (χ1v) is 10.3. The lowest BCUT2D eigenvalue weighted by atomic mass is 10.1. The third-order valence-corrected chi connectivity index (χ3v) is 5.48. The number of aryl methyl sites for hydroxylation is 2. The van der Waals surface area contributed by atoms with E-state index in [2.05, 4.69) is 14.9 Å². The molecule has 1 aromatic carbocycles. The maximum Gasteiger partial charge on any atom is 0.329 e. The van der Waals surface area contributed by atoms with Gasteiger partial charge in [-0.15, -0.1) is 0 Å². The van der Waals surface area contributed by atoms with Crippen LogP contribution in [0.1, 0.15) is 24.8 Å². The second-order valence-electron chi connectivity index (χ2n) is 7.84. The molecule has 1 fully saturated rings. The highest BCUT2D eigenvalue weighted by Crippen LogP contribution is 2.23. The van der Waals surface area contributed by atoms with Crippen molar-refractivity contribution < 1.29 is 9.84 Å². The van der Waals surface area contributed by atoms with Crippen molar-refractivity contribution in [3.8, 4) is 5.75 Å². The maximum absolute atomic E-state index is 12.6. The molecule has 1 atom stereocenters. The number of hydrogen-bond acceptors (Lipinski definition) is 6. The Morgan fingerprint density at radius 3 is 2.57 bits per heavy atom. The lowest BCUT2D eigenvalue weighted by Gasteiger charge is -2.28. The number of ether oxygens (including phenoxy) is 1. The number of piperidine rings is 1. The van der Waals surface area contributed by atoms with Gasteiger partial charge in [-0.05, 0) is 38.3 Å². The topological polar surface area (TPSA) is 105 Å². The number of aliphatic hydroxyl groups is 1. The molecule has 0 radical (unpaired) electrons. The zero-order chi connectivity index (χ0) is 21.3. The number of H-pyrrole nitrogens is 1. The van der Waals surface area contributed by atoms with E-state index in [0.29, 0.717) is 17.3 Å². The summed E-state index contributed by atoms with van der Waals surface area (Å²) in [5.74, 6) is 1.28. The van der Waals surface area contributed by atoms with Crippen LogP contribution < -0.4 is 20.9 Å². The molecule has 0 unspecified atom stereocenters. The van der Waals surface area contributed by atoms with Gasteiger partial charge >= 0.3 is 5.69 Å². The molecule has 1 aliphatic heterocycles. The summed E-state index contributed by atoms with van der Waals surface area (Å²) in [5, 5.41) is 10.7. The quantitative estimate of drug-likeness (QED) is 0.628. The molecule has 3 aromatic rings. The summed E-state index contributed by atoms with van der Waals surface area (Å²) < 4.78 is 8.74. The highest BCUT2D eigenvalue weighted by atomic mass is 16.5. The lowest BCUT2D eigenvalue weighted by Crippen LogP contribution is -2.34. The molecule has 2 N–H and O–H groups in total. The number of anilines is 1. The third-order valence-electron chi connectivity index (χ3n) is 5.48. The molecule has 0 saturated carbocycles. The van der Waals surface area contributed by atoms with Gasteiger partial charge in [0.05, 0.1) is 6.54 Å². The van der Waals surface area contributed by atoms with E-state index < -0.39 is 17.4 Å². The van der Waals surface area contributed by atoms with E-state index in [9.17, 15) is 14.7 Å². The van der Waals surface area contributed by atoms with Gasteiger partial charge in [0.1, 0.15) is 18.5 Å². The number of nitrogens with zero attached hydrogens (tertiary/aromatic N) is 4. The number of benzene rings is 1. The molecule has 0 bridgehead atoms. The molecule has 160 valence electrons. The number of fused-ring (bicyclic) bond motifs is 1. The van der Waals surface area contributed by atoms with Crippen LogP contribution >= 0.6 is 0 Å². The van der Waals surface area contributed by atoms with E-state index in [1.54, 1.807) is 11.6 Å². The van der Waals surface area contributed by atoms with Crippen LogP contribution in [0.25, 0.3) is 11.2 Å². The van der Waals surface area contributed by atoms with Gasteiger partial charge in [0.15, 0.2) is 11.2 Å². The van der Waals surface area contributed by atoms with Gasteiger partial charge in [-0.1, -0.05) is 17.7 Å². The monoisotopic (exact) mass is 413 g/mol. The summed E-state index contributed by atoms with van der Waals surface area (Å²) in [4.78, 5) is 33.7. The number of hydrogen-bond donors (Lipinski definition) is 2. The first-order chi connectivity index (χ1) is 14.4. The largest absolute Gasteiger partial charge is 0.491 e. The zero-order valence-electron chi connectivity index (χ0n) is 17.3. The van der Waals surface area contributed by atoms with Crippen molar-refractivity contribution >= 4 is 17.1 Å². The minimum Gasteiger partial charge on any atom is -0.491 e. The van der Waals surface area contributed by atoms with Crippen molar-refractivity contribution in [3.05, 3.63) is 50.7 Å². The van der Waals surface area contributed by atoms with Crippen LogP contribution in [-0.4, -0.2) is 50.0 Å². The van der Waals surface area contributed by atoms with Gasteiger partial charge in [-0.2, -0.15) is 4.98 Å². The molecule has 0 spiro atoms. The predicted molar refractivity (Wildman–Crippen MR) is 114 cm³/mol. The molecule has 9 heteroatoms. The SMILES string of the molecule is Cc1ccc(OC[C@H](O)Cn2c(N3CCCCC3)nc3c2c(=O)[nH]c(=O)n3C)cc1. The Bertz CT molecular complexity index is 1140. The minimum atomic E-state index is -0.858. The van der Waals surface area contributed by atoms with Crippen molar-refractivity contribution in [1.82, 2.24) is 19.1 Å². The Hall–Kier alpha value is -3.07. The van der Waals surface area contributed by atoms with Crippen LogP contribution in [0.4, 0.5) is 5.95 Å². The van der Waals surface area contributed by atoms with Gasteiger partial charge in [0.25, 0.3) is 5.56 Å². The average molecular weight is 413 g/mol. The first-order valence-electron chi connectivity index (χ1n) is 10.3. The fraction of sp³-hybridized carbons (Fsp3) is 0.476. The second-order valence-corrected chi connectivity index (χ2v) is 7.84. The molecule has 3 heterocycles. The van der Waals surface area contributed by atoms with Crippen molar-refractivity contribution in [1.29, 1.82) is 0 Å². The van der Waals surface area contributed by atoms with Crippen LogP contribution in [0.15, 0.2) is 33.9 Å². The Balaban J connectivity index is 1.65. The first kappa shape index (κ1) is 20.2. The fourth-order valence-corrected chi connectivity index (χ4v) is 3.82. The van der Waals surface area contributed by atoms with Crippen molar-refractivity contribution in [2.45, 2.75) is 38.8 Å². The summed E-state index contributed by atoms with van der Waals surface area (Å²) in [6.45, 7) is 3.85. The zero-order valence-corrected chi connectivity index (χ0v) is 17.3. The van der Waals surface area contributed by atoms with Gasteiger partial charge < -0.3 is 19.3 Å². The van der Waals surface area contributed by atoms with Gasteiger partial charge in [0.2, 0.25) is 5.95 Å². The van der Waals surface area contributed by atoms with Crippen LogP contribution in [-0.2, 0) is 13.6 Å². The molecule has 1 aliphatic rings. The molecule has 2 aromatic heterocycles. The maximum atomic E-state index is 12.6. The Morgan fingerprint density at radius 1 is 1.17 bits per heavy atom. The molecule has 1 saturated heterocycles. The average Bonchev–Trinajstić information content (AvgIpc) is 3.12. The normalized spacial score (nSPS) is 15.5. The van der Waals surface area contributed by atoms with Crippen LogP contribution in [0.5, 0.6) is 5.75 Å². The summed E-state index contributed by atoms with van der Waals surface area (Å²) in [6.07, 6.45) is 2.38. The molecular weight excluding hydrogens is 386 g/mol. The highest BCUT2D eigenvalue weighted by molar-refractivity contribution is 5.74. The lowest BCUT2D eigenvalue weighted by molar-refractivity contribution is 0.0936. The number of aromatic nitrogens is 4. The van der Waals surface area contributed by atoms with E-state index in [0.717, 1.165) is 37.9 Å². The van der Waals surface area contributed by atoms with Crippen molar-refractivity contribution in [2.24, 2.45) is 7.05 Å². The molecular formula is C21H27N5O4. The number of aromatic amines is 1. The number of aliphatic hydroxyl groups excluding tert-OH is 1. The Labute approximate surface area is 173 Å². The standard InChI is InChI=1S/C21H27N5O4/c1-14-6-8-16(9-7-14)30-13-15(27)12-26-17-18(24(2)21(29)23-19(17)28)22-20(26)25-10-4-3-5-11-25/h6-9,15,27H,3-5,10-13H2,1-2H3,(H,23,28,29)/t15-/m1/s1. The molecule has 0 amide bonds. The van der Waals surface area contributed by atoms with Crippen molar-refractivity contribution in [2.75, 3.05) is 24.6 Å². The van der Waals surface area contributed by atoms with Crippen LogP contribution in [0.3, 0.4) is 0 Å². The molecule has 9 nitrogen and oxygen atoms in total. The van der Waals surface area contributed by atoms with Crippen molar-refractivity contribution in [3.63, 3.8) is 0 Å². The molecule has 4 rings (SSSR count). The summed E-state index contributed by atoms with van der Waals surface area (Å²) in [6, 6.07) is 7.60. The highest BCUT2D eigenvalue weighted by Gasteiger charge is 2.24. The fourth-order valence-electron chi connectivity index (χ4n) is 3.82. The van der Waals surface area contributed by atoms with E-state index in [1.165, 1.54) is 4.57 Å². The van der Waals surface area contributed by atoms with Crippen LogP contribution in [0, 0.1) is 6.92 Å². The van der Waals surface area contributed by atoms with Gasteiger partial charge in [-0.3, -0.25) is 14.3 Å². The molecule has 0 aliphatic carbocycles. The summed E-state index contributed by atoms with van der Waals surface area (Å²) in [5.41, 5.74) is 0.716. The Kier molecular flexibility index (Phi) is 5.63. The minimum absolute atomic E-state index is 0.0752. The smallest absolute Gasteiger partial charge is 0.329 e.